The number of carbonyl (C=O) groups excluding carboxylic acids is 1. The van der Waals surface area contributed by atoms with Gasteiger partial charge >= 0.3 is 6.18 Å². The molecule has 1 aromatic heterocycles. The molecule has 134 valence electrons. The number of alkyl halides is 3. The molecule has 2 N–H and O–H groups in total. The second-order valence-electron chi connectivity index (χ2n) is 5.68. The van der Waals surface area contributed by atoms with E-state index in [0.29, 0.717) is 16.9 Å². The Morgan fingerprint density at radius 3 is 2.62 bits per heavy atom. The number of nitrogens with one attached hydrogen (secondary N) is 2. The van der Waals surface area contributed by atoms with E-state index < -0.39 is 11.7 Å². The van der Waals surface area contributed by atoms with Gasteiger partial charge in [-0.25, -0.2) is 0 Å². The van der Waals surface area contributed by atoms with Gasteiger partial charge in [-0.05, 0) is 30.3 Å². The molecule has 0 unspecified atom stereocenters. The summed E-state index contributed by atoms with van der Waals surface area (Å²) in [6.45, 7) is 0.214. The maximum absolute atomic E-state index is 12.7. The Bertz CT molecular complexity index is 920. The molecule has 4 nitrogen and oxygen atoms in total. The van der Waals surface area contributed by atoms with Gasteiger partial charge in [-0.15, -0.1) is 0 Å². The lowest BCUT2D eigenvalue weighted by atomic mass is 10.2. The molecule has 7 heteroatoms. The number of rotatable bonds is 5. The van der Waals surface area contributed by atoms with Crippen LogP contribution in [-0.4, -0.2) is 17.4 Å². The molecule has 0 atom stereocenters. The standard InChI is InChI=1S/C19H16F3N3O/c20-19(21,22)14-6-2-7-15(12-14)23-11-9-17(26)25-16-8-1-4-13-5-3-10-24-18(13)16/h1-8,10,12,23H,9,11H2,(H,25,26). The highest BCUT2D eigenvalue weighted by Gasteiger charge is 2.30. The average Bonchev–Trinajstić information content (AvgIpc) is 2.62. The van der Waals surface area contributed by atoms with Crippen molar-refractivity contribution in [1.82, 2.24) is 4.98 Å². The number of para-hydroxylation sites is 1. The number of aromatic nitrogens is 1. The summed E-state index contributed by atoms with van der Waals surface area (Å²) >= 11 is 0. The van der Waals surface area contributed by atoms with Crippen LogP contribution in [0.4, 0.5) is 24.5 Å². The summed E-state index contributed by atoms with van der Waals surface area (Å²) in [5.74, 6) is -0.248. The Balaban J connectivity index is 1.58. The third kappa shape index (κ3) is 4.30. The number of fused-ring (bicyclic) bond motifs is 1. The number of anilines is 2. The number of hydrogen-bond donors (Lipinski definition) is 2. The quantitative estimate of drug-likeness (QED) is 0.695. The molecule has 0 spiro atoms. The van der Waals surface area contributed by atoms with Gasteiger partial charge in [0.25, 0.3) is 0 Å². The van der Waals surface area contributed by atoms with Crippen molar-refractivity contribution >= 4 is 28.2 Å². The van der Waals surface area contributed by atoms with Gasteiger partial charge in [-0.3, -0.25) is 9.78 Å². The number of carbonyl (C=O) groups is 1. The molecule has 0 aliphatic rings. The molecule has 26 heavy (non-hydrogen) atoms. The van der Waals surface area contributed by atoms with Crippen LogP contribution in [0.25, 0.3) is 10.9 Å². The van der Waals surface area contributed by atoms with E-state index in [9.17, 15) is 18.0 Å². The fourth-order valence-electron chi connectivity index (χ4n) is 2.54. The lowest BCUT2D eigenvalue weighted by Crippen LogP contribution is -2.16. The lowest BCUT2D eigenvalue weighted by Gasteiger charge is -2.11. The molecule has 1 heterocycles. The van der Waals surface area contributed by atoms with Gasteiger partial charge in [0, 0.05) is 30.2 Å². The highest BCUT2D eigenvalue weighted by molar-refractivity contribution is 6.00. The first kappa shape index (κ1) is 17.7. The minimum Gasteiger partial charge on any atom is -0.385 e. The molecule has 0 radical (unpaired) electrons. The second kappa shape index (κ2) is 7.43. The Morgan fingerprint density at radius 2 is 1.81 bits per heavy atom. The van der Waals surface area contributed by atoms with E-state index in [1.165, 1.54) is 12.1 Å². The van der Waals surface area contributed by atoms with E-state index in [0.717, 1.165) is 17.5 Å². The summed E-state index contributed by atoms with van der Waals surface area (Å²) in [7, 11) is 0. The second-order valence-corrected chi connectivity index (χ2v) is 5.68. The molecule has 3 rings (SSSR count). The third-order valence-electron chi connectivity index (χ3n) is 3.78. The number of amides is 1. The number of benzene rings is 2. The van der Waals surface area contributed by atoms with E-state index >= 15 is 0 Å². The largest absolute Gasteiger partial charge is 0.416 e. The van der Waals surface area contributed by atoms with E-state index in [2.05, 4.69) is 15.6 Å². The first-order valence-electron chi connectivity index (χ1n) is 7.98. The van der Waals surface area contributed by atoms with Crippen molar-refractivity contribution in [3.63, 3.8) is 0 Å². The highest BCUT2D eigenvalue weighted by atomic mass is 19.4. The maximum atomic E-state index is 12.7. The van der Waals surface area contributed by atoms with Crippen LogP contribution < -0.4 is 10.6 Å². The number of pyridine rings is 1. The van der Waals surface area contributed by atoms with Gasteiger partial charge in [0.15, 0.2) is 0 Å². The molecular formula is C19H16F3N3O. The van der Waals surface area contributed by atoms with Crippen molar-refractivity contribution in [3.05, 3.63) is 66.4 Å². The van der Waals surface area contributed by atoms with Gasteiger partial charge in [-0.2, -0.15) is 13.2 Å². The zero-order chi connectivity index (χ0) is 18.6. The van der Waals surface area contributed by atoms with Crippen LogP contribution in [0.15, 0.2) is 60.8 Å². The van der Waals surface area contributed by atoms with E-state index in [4.69, 9.17) is 0 Å². The summed E-state index contributed by atoms with van der Waals surface area (Å²) in [4.78, 5) is 16.4. The van der Waals surface area contributed by atoms with Crippen molar-refractivity contribution < 1.29 is 18.0 Å². The van der Waals surface area contributed by atoms with Crippen LogP contribution in [0.3, 0.4) is 0 Å². The summed E-state index contributed by atoms with van der Waals surface area (Å²) in [5.41, 5.74) is 0.884. The SMILES string of the molecule is O=C(CCNc1cccc(C(F)(F)F)c1)Nc1cccc2cccnc12. The Labute approximate surface area is 148 Å². The van der Waals surface area contributed by atoms with Crippen LogP contribution in [0.1, 0.15) is 12.0 Å². The van der Waals surface area contributed by atoms with Crippen LogP contribution in [0, 0.1) is 0 Å². The average molecular weight is 359 g/mol. The first-order chi connectivity index (χ1) is 12.4. The smallest absolute Gasteiger partial charge is 0.385 e. The number of hydrogen-bond acceptors (Lipinski definition) is 3. The molecule has 0 saturated carbocycles. The normalized spacial score (nSPS) is 11.3. The third-order valence-corrected chi connectivity index (χ3v) is 3.78. The molecular weight excluding hydrogens is 343 g/mol. The number of nitrogens with zero attached hydrogens (tertiary/aromatic N) is 1. The molecule has 3 aromatic rings. The first-order valence-corrected chi connectivity index (χ1v) is 7.98. The van der Waals surface area contributed by atoms with Crippen molar-refractivity contribution in [2.75, 3.05) is 17.2 Å². The lowest BCUT2D eigenvalue weighted by molar-refractivity contribution is -0.137. The van der Waals surface area contributed by atoms with Gasteiger partial charge in [0.05, 0.1) is 16.8 Å². The zero-order valence-corrected chi connectivity index (χ0v) is 13.7. The maximum Gasteiger partial charge on any atom is 0.416 e. The van der Waals surface area contributed by atoms with Crippen molar-refractivity contribution in [3.8, 4) is 0 Å². The fraction of sp³-hybridized carbons (Fsp3) is 0.158. The van der Waals surface area contributed by atoms with Crippen molar-refractivity contribution in [2.24, 2.45) is 0 Å². The van der Waals surface area contributed by atoms with Gasteiger partial charge in [-0.1, -0.05) is 24.3 Å². The monoisotopic (exact) mass is 359 g/mol. The topological polar surface area (TPSA) is 54.0 Å². The van der Waals surface area contributed by atoms with Crippen LogP contribution in [-0.2, 0) is 11.0 Å². The molecule has 0 saturated heterocycles. The predicted molar refractivity (Wildman–Crippen MR) is 94.9 cm³/mol. The molecule has 0 fully saturated rings. The van der Waals surface area contributed by atoms with Crippen LogP contribution >= 0.6 is 0 Å². The minimum atomic E-state index is -4.39. The summed E-state index contributed by atoms with van der Waals surface area (Å²) in [5, 5.41) is 6.53. The Kier molecular flexibility index (Phi) is 5.06. The number of halogens is 3. The Hall–Kier alpha value is -3.09. The molecule has 2 aromatic carbocycles. The van der Waals surface area contributed by atoms with E-state index in [1.54, 1.807) is 12.3 Å². The van der Waals surface area contributed by atoms with Gasteiger partial charge in [0.2, 0.25) is 5.91 Å². The zero-order valence-electron chi connectivity index (χ0n) is 13.7. The fourth-order valence-corrected chi connectivity index (χ4v) is 2.54. The summed E-state index contributed by atoms with van der Waals surface area (Å²) < 4.78 is 38.1. The van der Waals surface area contributed by atoms with Crippen LogP contribution in [0.2, 0.25) is 0 Å². The Morgan fingerprint density at radius 1 is 1.04 bits per heavy atom. The van der Waals surface area contributed by atoms with Gasteiger partial charge < -0.3 is 10.6 Å². The molecule has 0 aliphatic heterocycles. The van der Waals surface area contributed by atoms with Crippen molar-refractivity contribution in [1.29, 1.82) is 0 Å². The highest BCUT2D eigenvalue weighted by Crippen LogP contribution is 2.30. The molecule has 0 aliphatic carbocycles. The summed E-state index contributed by atoms with van der Waals surface area (Å²) in [6.07, 6.45) is -2.64. The van der Waals surface area contributed by atoms with Crippen LogP contribution in [0.5, 0.6) is 0 Å². The summed E-state index contributed by atoms with van der Waals surface area (Å²) in [6, 6.07) is 14.1. The van der Waals surface area contributed by atoms with E-state index in [1.807, 2.05) is 24.3 Å². The minimum absolute atomic E-state index is 0.111. The van der Waals surface area contributed by atoms with Gasteiger partial charge in [0.1, 0.15) is 0 Å². The predicted octanol–water partition coefficient (Wildman–Crippen LogP) is 4.69. The molecule has 0 bridgehead atoms. The van der Waals surface area contributed by atoms with E-state index in [-0.39, 0.29) is 18.9 Å². The molecule has 1 amide bonds. The van der Waals surface area contributed by atoms with Crippen molar-refractivity contribution in [2.45, 2.75) is 12.6 Å².